The van der Waals surface area contributed by atoms with Crippen molar-refractivity contribution in [1.82, 2.24) is 5.32 Å². The first-order valence-electron chi connectivity index (χ1n) is 6.85. The summed E-state index contributed by atoms with van der Waals surface area (Å²) in [6, 6.07) is 6.02. The quantitative estimate of drug-likeness (QED) is 0.885. The summed E-state index contributed by atoms with van der Waals surface area (Å²) < 4.78 is 5.68. The molecular formula is C16H25NO2. The lowest BCUT2D eigenvalue weighted by atomic mass is 10.1. The number of rotatable bonds is 5. The van der Waals surface area contributed by atoms with E-state index >= 15 is 0 Å². The van der Waals surface area contributed by atoms with Crippen molar-refractivity contribution in [3.05, 3.63) is 29.3 Å². The van der Waals surface area contributed by atoms with Gasteiger partial charge in [0.05, 0.1) is 0 Å². The Hall–Kier alpha value is -1.51. The number of hydrogen-bond acceptors (Lipinski definition) is 2. The van der Waals surface area contributed by atoms with Gasteiger partial charge in [0.15, 0.2) is 6.10 Å². The van der Waals surface area contributed by atoms with E-state index in [0.29, 0.717) is 5.92 Å². The number of nitrogens with one attached hydrogen (secondary N) is 1. The summed E-state index contributed by atoms with van der Waals surface area (Å²) >= 11 is 0. The molecule has 0 aliphatic carbocycles. The van der Waals surface area contributed by atoms with Crippen LogP contribution in [0.25, 0.3) is 0 Å². The predicted octanol–water partition coefficient (Wildman–Crippen LogP) is 3.23. The molecular weight excluding hydrogens is 238 g/mol. The summed E-state index contributed by atoms with van der Waals surface area (Å²) in [6.07, 6.45) is -0.483. The largest absolute Gasteiger partial charge is 0.481 e. The van der Waals surface area contributed by atoms with Gasteiger partial charge in [-0.2, -0.15) is 0 Å². The van der Waals surface area contributed by atoms with Crippen molar-refractivity contribution in [1.29, 1.82) is 0 Å². The molecule has 1 aromatic rings. The number of aryl methyl sites for hydroxylation is 2. The fraction of sp³-hybridized carbons (Fsp3) is 0.562. The van der Waals surface area contributed by atoms with E-state index in [4.69, 9.17) is 4.74 Å². The van der Waals surface area contributed by atoms with E-state index in [1.54, 1.807) is 6.92 Å². The third-order valence-electron chi connectivity index (χ3n) is 3.53. The Balaban J connectivity index is 2.61. The van der Waals surface area contributed by atoms with E-state index in [1.165, 1.54) is 11.1 Å². The van der Waals surface area contributed by atoms with Gasteiger partial charge in [0, 0.05) is 6.04 Å². The van der Waals surface area contributed by atoms with Crippen LogP contribution in [0.5, 0.6) is 5.75 Å². The van der Waals surface area contributed by atoms with Gasteiger partial charge in [0.1, 0.15) is 5.75 Å². The van der Waals surface area contributed by atoms with Crippen LogP contribution in [0.2, 0.25) is 0 Å². The number of benzene rings is 1. The number of amides is 1. The fourth-order valence-electron chi connectivity index (χ4n) is 1.55. The molecule has 0 spiro atoms. The van der Waals surface area contributed by atoms with Crippen molar-refractivity contribution in [2.75, 3.05) is 0 Å². The van der Waals surface area contributed by atoms with Crippen LogP contribution in [-0.2, 0) is 4.79 Å². The topological polar surface area (TPSA) is 38.3 Å². The van der Waals surface area contributed by atoms with Crippen molar-refractivity contribution in [2.24, 2.45) is 5.92 Å². The van der Waals surface area contributed by atoms with E-state index in [-0.39, 0.29) is 11.9 Å². The molecule has 0 aliphatic rings. The maximum absolute atomic E-state index is 12.0. The SMILES string of the molecule is Cc1ccc(O[C@@H](C)C(=O)N[C@H](C)C(C)C)cc1C. The number of carbonyl (C=O) groups excluding carboxylic acids is 1. The van der Waals surface area contributed by atoms with Crippen molar-refractivity contribution in [3.63, 3.8) is 0 Å². The number of carbonyl (C=O) groups is 1. The van der Waals surface area contributed by atoms with Crippen LogP contribution < -0.4 is 10.1 Å². The molecule has 3 nitrogen and oxygen atoms in total. The normalized spacial score (nSPS) is 14.1. The van der Waals surface area contributed by atoms with Crippen LogP contribution >= 0.6 is 0 Å². The van der Waals surface area contributed by atoms with Crippen LogP contribution in [0.3, 0.4) is 0 Å². The minimum atomic E-state index is -0.483. The standard InChI is InChI=1S/C16H25NO2/c1-10(2)13(5)17-16(18)14(6)19-15-8-7-11(3)12(4)9-15/h7-10,13-14H,1-6H3,(H,17,18)/t13-,14+/m1/s1. The fourth-order valence-corrected chi connectivity index (χ4v) is 1.55. The zero-order chi connectivity index (χ0) is 14.6. The van der Waals surface area contributed by atoms with Crippen LogP contribution in [0.1, 0.15) is 38.8 Å². The zero-order valence-corrected chi connectivity index (χ0v) is 12.8. The summed E-state index contributed by atoms with van der Waals surface area (Å²) in [5.74, 6) is 1.08. The average molecular weight is 263 g/mol. The maximum atomic E-state index is 12.0. The number of hydrogen-bond donors (Lipinski definition) is 1. The van der Waals surface area contributed by atoms with Gasteiger partial charge in [-0.1, -0.05) is 19.9 Å². The van der Waals surface area contributed by atoms with E-state index < -0.39 is 6.10 Å². The highest BCUT2D eigenvalue weighted by molar-refractivity contribution is 5.81. The molecule has 0 radical (unpaired) electrons. The highest BCUT2D eigenvalue weighted by atomic mass is 16.5. The van der Waals surface area contributed by atoms with Crippen LogP contribution in [0.4, 0.5) is 0 Å². The molecule has 2 atom stereocenters. The van der Waals surface area contributed by atoms with Gasteiger partial charge >= 0.3 is 0 Å². The van der Waals surface area contributed by atoms with Crippen molar-refractivity contribution >= 4 is 5.91 Å². The van der Waals surface area contributed by atoms with Gasteiger partial charge in [0.2, 0.25) is 0 Å². The van der Waals surface area contributed by atoms with Gasteiger partial charge in [-0.05, 0) is 56.9 Å². The number of ether oxygens (including phenoxy) is 1. The van der Waals surface area contributed by atoms with Crippen LogP contribution in [0.15, 0.2) is 18.2 Å². The predicted molar refractivity (Wildman–Crippen MR) is 78.4 cm³/mol. The molecule has 3 heteroatoms. The molecule has 0 unspecified atom stereocenters. The van der Waals surface area contributed by atoms with Gasteiger partial charge in [-0.15, -0.1) is 0 Å². The summed E-state index contributed by atoms with van der Waals surface area (Å²) in [4.78, 5) is 12.0. The van der Waals surface area contributed by atoms with Gasteiger partial charge in [-0.3, -0.25) is 4.79 Å². The second-order valence-electron chi connectivity index (χ2n) is 5.55. The Morgan fingerprint density at radius 2 is 1.74 bits per heavy atom. The van der Waals surface area contributed by atoms with Crippen molar-refractivity contribution in [2.45, 2.75) is 53.7 Å². The summed E-state index contributed by atoms with van der Waals surface area (Å²) in [6.45, 7) is 12.0. The minimum absolute atomic E-state index is 0.0700. The molecule has 0 saturated carbocycles. The average Bonchev–Trinajstić information content (AvgIpc) is 2.33. The summed E-state index contributed by atoms with van der Waals surface area (Å²) in [7, 11) is 0. The van der Waals surface area contributed by atoms with Crippen molar-refractivity contribution < 1.29 is 9.53 Å². The second kappa shape index (κ2) is 6.60. The first-order valence-corrected chi connectivity index (χ1v) is 6.85. The third-order valence-corrected chi connectivity index (χ3v) is 3.53. The third kappa shape index (κ3) is 4.58. The van der Waals surface area contributed by atoms with E-state index in [9.17, 15) is 4.79 Å². The van der Waals surface area contributed by atoms with E-state index in [1.807, 2.05) is 32.0 Å². The molecule has 0 bridgehead atoms. The summed E-state index contributed by atoms with van der Waals surface area (Å²) in [5, 5.41) is 2.96. The molecule has 0 aromatic heterocycles. The lowest BCUT2D eigenvalue weighted by Crippen LogP contribution is -2.43. The van der Waals surface area contributed by atoms with Gasteiger partial charge in [-0.25, -0.2) is 0 Å². The molecule has 106 valence electrons. The molecule has 1 aromatic carbocycles. The summed E-state index contributed by atoms with van der Waals surface area (Å²) in [5.41, 5.74) is 2.39. The maximum Gasteiger partial charge on any atom is 0.260 e. The smallest absolute Gasteiger partial charge is 0.260 e. The molecule has 1 rings (SSSR count). The Labute approximate surface area is 116 Å². The Morgan fingerprint density at radius 1 is 1.11 bits per heavy atom. The molecule has 1 amide bonds. The monoisotopic (exact) mass is 263 g/mol. The van der Waals surface area contributed by atoms with Crippen LogP contribution in [-0.4, -0.2) is 18.1 Å². The Morgan fingerprint density at radius 3 is 2.26 bits per heavy atom. The van der Waals surface area contributed by atoms with Gasteiger partial charge in [0.25, 0.3) is 5.91 Å². The highest BCUT2D eigenvalue weighted by Gasteiger charge is 2.18. The molecule has 19 heavy (non-hydrogen) atoms. The lowest BCUT2D eigenvalue weighted by Gasteiger charge is -2.21. The minimum Gasteiger partial charge on any atom is -0.481 e. The van der Waals surface area contributed by atoms with Gasteiger partial charge < -0.3 is 10.1 Å². The highest BCUT2D eigenvalue weighted by Crippen LogP contribution is 2.17. The van der Waals surface area contributed by atoms with E-state index in [0.717, 1.165) is 5.75 Å². The molecule has 0 aliphatic heterocycles. The van der Waals surface area contributed by atoms with E-state index in [2.05, 4.69) is 26.1 Å². The first-order chi connectivity index (χ1) is 8.81. The molecule has 0 fully saturated rings. The Kier molecular flexibility index (Phi) is 5.40. The molecule has 1 N–H and O–H groups in total. The molecule has 0 heterocycles. The lowest BCUT2D eigenvalue weighted by molar-refractivity contribution is -0.128. The second-order valence-corrected chi connectivity index (χ2v) is 5.55. The molecule has 0 saturated heterocycles. The first kappa shape index (κ1) is 15.5. The zero-order valence-electron chi connectivity index (χ0n) is 12.8. The Bertz CT molecular complexity index is 440. The van der Waals surface area contributed by atoms with Crippen molar-refractivity contribution in [3.8, 4) is 5.75 Å². The van der Waals surface area contributed by atoms with Crippen LogP contribution in [0, 0.1) is 19.8 Å².